The molecule has 0 aliphatic heterocycles. The predicted molar refractivity (Wildman–Crippen MR) is 69.2 cm³/mol. The summed E-state index contributed by atoms with van der Waals surface area (Å²) in [6.45, 7) is 3.46. The lowest BCUT2D eigenvalue weighted by Gasteiger charge is -2.09. The Morgan fingerprint density at radius 2 is 2.16 bits per heavy atom. The molecule has 19 heavy (non-hydrogen) atoms. The summed E-state index contributed by atoms with van der Waals surface area (Å²) in [5.74, 6) is -1.03. The van der Waals surface area contributed by atoms with Gasteiger partial charge in [0.05, 0.1) is 5.69 Å². The zero-order chi connectivity index (χ0) is 14.3. The van der Waals surface area contributed by atoms with E-state index < -0.39 is 12.1 Å². The Balaban J connectivity index is 2.70. The monoisotopic (exact) mass is 265 g/mol. The van der Waals surface area contributed by atoms with Gasteiger partial charge in [0.1, 0.15) is 12.4 Å². The van der Waals surface area contributed by atoms with Crippen molar-refractivity contribution in [2.24, 2.45) is 0 Å². The van der Waals surface area contributed by atoms with E-state index in [1.54, 1.807) is 6.07 Å². The van der Waals surface area contributed by atoms with Crippen LogP contribution >= 0.6 is 0 Å². The average Bonchev–Trinajstić information content (AvgIpc) is 2.37. The van der Waals surface area contributed by atoms with Crippen LogP contribution < -0.4 is 5.32 Å². The molecular formula is C13H15NO5. The summed E-state index contributed by atoms with van der Waals surface area (Å²) >= 11 is 0. The Labute approximate surface area is 110 Å². The molecule has 1 aromatic rings. The van der Waals surface area contributed by atoms with Gasteiger partial charge < -0.3 is 14.9 Å². The number of amides is 1. The molecule has 6 heteroatoms. The maximum absolute atomic E-state index is 11.3. The molecular weight excluding hydrogens is 250 g/mol. The second-order valence-electron chi connectivity index (χ2n) is 3.76. The van der Waals surface area contributed by atoms with E-state index in [2.05, 4.69) is 11.9 Å². The zero-order valence-electron chi connectivity index (χ0n) is 10.3. The number of carbonyl (C=O) groups excluding carboxylic acids is 1. The van der Waals surface area contributed by atoms with E-state index in [1.165, 1.54) is 18.2 Å². The molecule has 0 radical (unpaired) electrons. The fourth-order valence-electron chi connectivity index (χ4n) is 1.37. The van der Waals surface area contributed by atoms with Gasteiger partial charge in [0.25, 0.3) is 0 Å². The van der Waals surface area contributed by atoms with E-state index in [-0.39, 0.29) is 24.5 Å². The molecule has 0 heterocycles. The third-order valence-electron chi connectivity index (χ3n) is 2.26. The third kappa shape index (κ3) is 5.12. The maximum Gasteiger partial charge on any atom is 0.412 e. The van der Waals surface area contributed by atoms with E-state index in [4.69, 9.17) is 9.84 Å². The number of phenols is 1. The van der Waals surface area contributed by atoms with Crippen molar-refractivity contribution in [3.05, 3.63) is 36.4 Å². The quantitative estimate of drug-likeness (QED) is 0.541. The smallest absolute Gasteiger partial charge is 0.412 e. The summed E-state index contributed by atoms with van der Waals surface area (Å²) in [4.78, 5) is 21.8. The SMILES string of the molecule is C=CCOC(=O)Nc1cc(CCC(=O)O)ccc1O. The van der Waals surface area contributed by atoms with Gasteiger partial charge in [-0.05, 0) is 24.1 Å². The van der Waals surface area contributed by atoms with Crippen molar-refractivity contribution in [3.63, 3.8) is 0 Å². The van der Waals surface area contributed by atoms with E-state index in [9.17, 15) is 14.7 Å². The van der Waals surface area contributed by atoms with Gasteiger partial charge in [-0.3, -0.25) is 10.1 Å². The molecule has 0 saturated carbocycles. The average molecular weight is 265 g/mol. The van der Waals surface area contributed by atoms with E-state index in [1.807, 2.05) is 0 Å². The van der Waals surface area contributed by atoms with Crippen LogP contribution in [0.3, 0.4) is 0 Å². The van der Waals surface area contributed by atoms with Crippen molar-refractivity contribution < 1.29 is 24.5 Å². The summed E-state index contributed by atoms with van der Waals surface area (Å²) in [7, 11) is 0. The van der Waals surface area contributed by atoms with Crippen molar-refractivity contribution in [2.75, 3.05) is 11.9 Å². The molecule has 1 amide bonds. The highest BCUT2D eigenvalue weighted by Gasteiger charge is 2.08. The van der Waals surface area contributed by atoms with E-state index in [0.717, 1.165) is 0 Å². The summed E-state index contributed by atoms with van der Waals surface area (Å²) in [6, 6.07) is 4.49. The van der Waals surface area contributed by atoms with Gasteiger partial charge in [0.2, 0.25) is 0 Å². The molecule has 0 fully saturated rings. The fraction of sp³-hybridized carbons (Fsp3) is 0.231. The second kappa shape index (κ2) is 7.05. The van der Waals surface area contributed by atoms with Gasteiger partial charge >= 0.3 is 12.1 Å². The number of aromatic hydroxyl groups is 1. The van der Waals surface area contributed by atoms with Gasteiger partial charge in [0, 0.05) is 6.42 Å². The number of rotatable bonds is 6. The van der Waals surface area contributed by atoms with Crippen LogP contribution in [0.2, 0.25) is 0 Å². The molecule has 102 valence electrons. The Kier molecular flexibility index (Phi) is 5.40. The number of phenolic OH excluding ortho intramolecular Hbond substituents is 1. The first-order valence-electron chi connectivity index (χ1n) is 5.61. The van der Waals surface area contributed by atoms with Crippen molar-refractivity contribution in [1.82, 2.24) is 0 Å². The number of carboxylic acids is 1. The number of aryl methyl sites for hydroxylation is 1. The molecule has 0 aliphatic rings. The predicted octanol–water partition coefficient (Wildman–Crippen LogP) is 2.14. The van der Waals surface area contributed by atoms with Crippen LogP contribution in [0, 0.1) is 0 Å². The molecule has 0 bridgehead atoms. The number of nitrogens with one attached hydrogen (secondary N) is 1. The molecule has 0 aliphatic carbocycles. The Morgan fingerprint density at radius 3 is 2.79 bits per heavy atom. The first kappa shape index (κ1) is 14.6. The van der Waals surface area contributed by atoms with Crippen LogP contribution in [-0.2, 0) is 16.0 Å². The maximum atomic E-state index is 11.3. The topological polar surface area (TPSA) is 95.9 Å². The second-order valence-corrected chi connectivity index (χ2v) is 3.76. The number of benzene rings is 1. The van der Waals surface area contributed by atoms with E-state index >= 15 is 0 Å². The Bertz CT molecular complexity index is 484. The molecule has 0 aromatic heterocycles. The van der Waals surface area contributed by atoms with Crippen LogP contribution in [0.4, 0.5) is 10.5 Å². The lowest BCUT2D eigenvalue weighted by atomic mass is 10.1. The van der Waals surface area contributed by atoms with Crippen LogP contribution in [-0.4, -0.2) is 28.9 Å². The van der Waals surface area contributed by atoms with Crippen molar-refractivity contribution in [3.8, 4) is 5.75 Å². The number of aliphatic carboxylic acids is 1. The van der Waals surface area contributed by atoms with E-state index in [0.29, 0.717) is 12.0 Å². The van der Waals surface area contributed by atoms with Gasteiger partial charge in [-0.25, -0.2) is 4.79 Å². The minimum atomic E-state index is -0.909. The highest BCUT2D eigenvalue weighted by molar-refractivity contribution is 5.86. The zero-order valence-corrected chi connectivity index (χ0v) is 10.3. The first-order valence-corrected chi connectivity index (χ1v) is 5.61. The van der Waals surface area contributed by atoms with Crippen LogP contribution in [0.5, 0.6) is 5.75 Å². The van der Waals surface area contributed by atoms with Crippen LogP contribution in [0.1, 0.15) is 12.0 Å². The van der Waals surface area contributed by atoms with Crippen molar-refractivity contribution >= 4 is 17.7 Å². The highest BCUT2D eigenvalue weighted by Crippen LogP contribution is 2.25. The van der Waals surface area contributed by atoms with Crippen LogP contribution in [0.15, 0.2) is 30.9 Å². The summed E-state index contributed by atoms with van der Waals surface area (Å²) in [5.41, 5.74) is 0.871. The summed E-state index contributed by atoms with van der Waals surface area (Å²) < 4.78 is 4.71. The molecule has 0 spiro atoms. The van der Waals surface area contributed by atoms with Gasteiger partial charge in [-0.15, -0.1) is 0 Å². The lowest BCUT2D eigenvalue weighted by Crippen LogP contribution is -2.13. The first-order chi connectivity index (χ1) is 9.02. The Hall–Kier alpha value is -2.50. The summed E-state index contributed by atoms with van der Waals surface area (Å²) in [5, 5.41) is 20.5. The van der Waals surface area contributed by atoms with Crippen molar-refractivity contribution in [2.45, 2.75) is 12.8 Å². The molecule has 0 saturated heterocycles. The Morgan fingerprint density at radius 1 is 1.42 bits per heavy atom. The van der Waals surface area contributed by atoms with Crippen LogP contribution in [0.25, 0.3) is 0 Å². The number of hydrogen-bond acceptors (Lipinski definition) is 4. The third-order valence-corrected chi connectivity index (χ3v) is 2.26. The molecule has 1 aromatic carbocycles. The molecule has 6 nitrogen and oxygen atoms in total. The molecule has 3 N–H and O–H groups in total. The minimum Gasteiger partial charge on any atom is -0.506 e. The fourth-order valence-corrected chi connectivity index (χ4v) is 1.37. The van der Waals surface area contributed by atoms with Gasteiger partial charge in [-0.1, -0.05) is 18.7 Å². The van der Waals surface area contributed by atoms with Gasteiger partial charge in [0.15, 0.2) is 0 Å². The number of ether oxygens (including phenoxy) is 1. The summed E-state index contributed by atoms with van der Waals surface area (Å²) in [6.07, 6.45) is 0.991. The highest BCUT2D eigenvalue weighted by atomic mass is 16.5. The normalized spacial score (nSPS) is 9.68. The molecule has 0 unspecified atom stereocenters. The minimum absolute atomic E-state index is 0.0227. The van der Waals surface area contributed by atoms with Gasteiger partial charge in [-0.2, -0.15) is 0 Å². The standard InChI is InChI=1S/C13H15NO5/c1-2-7-19-13(18)14-10-8-9(3-5-11(10)15)4-6-12(16)17/h2-3,5,8,15H,1,4,6-7H2,(H,14,18)(H,16,17). The van der Waals surface area contributed by atoms with Crippen molar-refractivity contribution in [1.29, 1.82) is 0 Å². The number of hydrogen-bond donors (Lipinski definition) is 3. The molecule has 0 atom stereocenters. The number of anilines is 1. The number of carbonyl (C=O) groups is 2. The lowest BCUT2D eigenvalue weighted by molar-refractivity contribution is -0.136. The number of carboxylic acid groups (broad SMARTS) is 1. The largest absolute Gasteiger partial charge is 0.506 e. The molecule has 1 rings (SSSR count).